The van der Waals surface area contributed by atoms with Crippen LogP contribution in [0.25, 0.3) is 33.3 Å². The van der Waals surface area contributed by atoms with Crippen LogP contribution in [0.3, 0.4) is 0 Å². The summed E-state index contributed by atoms with van der Waals surface area (Å²) in [5.41, 5.74) is 3.51. The molecule has 2 heterocycles. The number of fused-ring (bicyclic) bond motifs is 1. The summed E-state index contributed by atoms with van der Waals surface area (Å²) in [6.07, 6.45) is 3.31. The van der Waals surface area contributed by atoms with Gasteiger partial charge >= 0.3 is 0 Å². The fourth-order valence-corrected chi connectivity index (χ4v) is 5.89. The lowest BCUT2D eigenvalue weighted by Gasteiger charge is -2.12. The van der Waals surface area contributed by atoms with Crippen LogP contribution in [0.4, 0.5) is 0 Å². The van der Waals surface area contributed by atoms with Gasteiger partial charge in [0.2, 0.25) is 0 Å². The van der Waals surface area contributed by atoms with Crippen molar-refractivity contribution in [2.45, 2.75) is 4.90 Å². The zero-order chi connectivity index (χ0) is 26.8. The number of rotatable bonds is 7. The molecule has 192 valence electrons. The molecule has 0 atom stereocenters. The van der Waals surface area contributed by atoms with E-state index in [0.717, 1.165) is 28.0 Å². The molecular formula is C32H24N2O4S. The van der Waals surface area contributed by atoms with Gasteiger partial charge in [-0.15, -0.1) is 0 Å². The summed E-state index contributed by atoms with van der Waals surface area (Å²) in [6.45, 7) is 0. The van der Waals surface area contributed by atoms with Gasteiger partial charge in [-0.25, -0.2) is 17.4 Å². The first-order valence-electron chi connectivity index (χ1n) is 12.3. The third-order valence-corrected chi connectivity index (χ3v) is 8.13. The Bertz CT molecular complexity index is 1880. The first-order valence-corrected chi connectivity index (χ1v) is 13.8. The van der Waals surface area contributed by atoms with E-state index in [2.05, 4.69) is 4.98 Å². The Labute approximate surface area is 226 Å². The van der Waals surface area contributed by atoms with Gasteiger partial charge in [0, 0.05) is 34.5 Å². The van der Waals surface area contributed by atoms with Crippen molar-refractivity contribution >= 4 is 21.1 Å². The highest BCUT2D eigenvalue weighted by atomic mass is 32.2. The molecule has 0 unspecified atom stereocenters. The predicted octanol–water partition coefficient (Wildman–Crippen LogP) is 7.41. The Morgan fingerprint density at radius 3 is 2.15 bits per heavy atom. The smallest absolute Gasteiger partial charge is 0.269 e. The third kappa shape index (κ3) is 4.64. The van der Waals surface area contributed by atoms with Gasteiger partial charge in [-0.2, -0.15) is 0 Å². The lowest BCUT2D eigenvalue weighted by Crippen LogP contribution is -2.12. The zero-order valence-corrected chi connectivity index (χ0v) is 21.9. The van der Waals surface area contributed by atoms with Crippen LogP contribution in [0, 0.1) is 0 Å². The van der Waals surface area contributed by atoms with Gasteiger partial charge in [-0.3, -0.25) is 0 Å². The molecule has 6 aromatic rings. The van der Waals surface area contributed by atoms with E-state index < -0.39 is 10.0 Å². The molecule has 0 saturated heterocycles. The van der Waals surface area contributed by atoms with Gasteiger partial charge in [0.05, 0.1) is 12.0 Å². The molecule has 0 aliphatic rings. The topological polar surface area (TPSA) is 70.4 Å². The average molecular weight is 533 g/mol. The largest absolute Gasteiger partial charge is 0.497 e. The summed E-state index contributed by atoms with van der Waals surface area (Å²) >= 11 is 0. The molecule has 0 aliphatic heterocycles. The number of hydrogen-bond acceptors (Lipinski definition) is 5. The zero-order valence-electron chi connectivity index (χ0n) is 21.1. The SMILES string of the molecule is COc1cccc(-c2cn(S(=O)(=O)c3ccccc3)c3ncc(-c4ccccc4Oc4ccccc4)cc23)c1. The number of pyridine rings is 1. The molecule has 0 spiro atoms. The van der Waals surface area contributed by atoms with Gasteiger partial charge in [0.1, 0.15) is 17.2 Å². The second-order valence-corrected chi connectivity index (χ2v) is 10.7. The molecule has 0 radical (unpaired) electrons. The van der Waals surface area contributed by atoms with Gasteiger partial charge in [-0.05, 0) is 54.1 Å². The number of benzene rings is 4. The van der Waals surface area contributed by atoms with E-state index in [-0.39, 0.29) is 4.90 Å². The molecule has 0 N–H and O–H groups in total. The van der Waals surface area contributed by atoms with Crippen molar-refractivity contribution < 1.29 is 17.9 Å². The van der Waals surface area contributed by atoms with Crippen molar-refractivity contribution in [2.24, 2.45) is 0 Å². The highest BCUT2D eigenvalue weighted by Gasteiger charge is 2.23. The van der Waals surface area contributed by atoms with E-state index in [1.165, 1.54) is 3.97 Å². The molecule has 6 rings (SSSR count). The quantitative estimate of drug-likeness (QED) is 0.214. The van der Waals surface area contributed by atoms with Crippen LogP contribution in [0.15, 0.2) is 133 Å². The van der Waals surface area contributed by atoms with E-state index in [1.54, 1.807) is 49.8 Å². The molecule has 0 bridgehead atoms. The fourth-order valence-electron chi connectivity index (χ4n) is 4.55. The van der Waals surface area contributed by atoms with E-state index in [9.17, 15) is 8.42 Å². The Morgan fingerprint density at radius 2 is 1.38 bits per heavy atom. The minimum absolute atomic E-state index is 0.187. The van der Waals surface area contributed by atoms with E-state index >= 15 is 0 Å². The van der Waals surface area contributed by atoms with Crippen molar-refractivity contribution in [1.29, 1.82) is 0 Å². The maximum atomic E-state index is 13.7. The third-order valence-electron chi connectivity index (χ3n) is 6.46. The molecule has 0 fully saturated rings. The molecule has 4 aromatic carbocycles. The van der Waals surface area contributed by atoms with Gasteiger partial charge in [-0.1, -0.05) is 66.7 Å². The lowest BCUT2D eigenvalue weighted by atomic mass is 10.0. The number of aromatic nitrogens is 2. The average Bonchev–Trinajstić information content (AvgIpc) is 3.38. The number of hydrogen-bond donors (Lipinski definition) is 0. The Hall–Kier alpha value is -4.88. The summed E-state index contributed by atoms with van der Waals surface area (Å²) in [7, 11) is -2.29. The minimum atomic E-state index is -3.90. The first kappa shape index (κ1) is 24.5. The van der Waals surface area contributed by atoms with Crippen LogP contribution in [0.2, 0.25) is 0 Å². The maximum Gasteiger partial charge on any atom is 0.269 e. The highest BCUT2D eigenvalue weighted by Crippen LogP contribution is 2.38. The fraction of sp³-hybridized carbons (Fsp3) is 0.0312. The standard InChI is InChI=1S/C32H24N2O4S/c1-37-26-14-10-11-23(19-26)30-22-34(39(35,36)27-15-6-3-7-16-27)32-29(30)20-24(21-33-32)28-17-8-9-18-31(28)38-25-12-4-2-5-13-25/h2-22H,1H3. The molecule has 0 aliphatic carbocycles. The van der Waals surface area contributed by atoms with Crippen LogP contribution in [-0.2, 0) is 10.0 Å². The summed E-state index contributed by atoms with van der Waals surface area (Å²) in [5, 5.41) is 0.690. The molecule has 2 aromatic heterocycles. The van der Waals surface area contributed by atoms with Crippen molar-refractivity contribution in [3.63, 3.8) is 0 Å². The Balaban J connectivity index is 1.56. The van der Waals surface area contributed by atoms with Crippen molar-refractivity contribution in [3.8, 4) is 39.5 Å². The number of ether oxygens (including phenoxy) is 2. The van der Waals surface area contributed by atoms with E-state index in [1.807, 2.05) is 84.9 Å². The van der Waals surface area contributed by atoms with Gasteiger partial charge < -0.3 is 9.47 Å². The molecule has 0 saturated carbocycles. The number of para-hydroxylation sites is 2. The van der Waals surface area contributed by atoms with Crippen LogP contribution in [0.1, 0.15) is 0 Å². The monoisotopic (exact) mass is 532 g/mol. The molecular weight excluding hydrogens is 508 g/mol. The molecule has 6 nitrogen and oxygen atoms in total. The normalized spacial score (nSPS) is 11.4. The number of methoxy groups -OCH3 is 1. The predicted molar refractivity (Wildman–Crippen MR) is 153 cm³/mol. The second kappa shape index (κ2) is 10.1. The van der Waals surface area contributed by atoms with Crippen LogP contribution < -0.4 is 9.47 Å². The first-order chi connectivity index (χ1) is 19.0. The summed E-state index contributed by atoms with van der Waals surface area (Å²) < 4.78 is 40.3. The van der Waals surface area contributed by atoms with Gasteiger partial charge in [0.15, 0.2) is 5.65 Å². The van der Waals surface area contributed by atoms with Crippen LogP contribution in [0.5, 0.6) is 17.2 Å². The van der Waals surface area contributed by atoms with Crippen molar-refractivity contribution in [2.75, 3.05) is 7.11 Å². The second-order valence-electron chi connectivity index (χ2n) is 8.90. The summed E-state index contributed by atoms with van der Waals surface area (Å²) in [5.74, 6) is 2.06. The lowest BCUT2D eigenvalue weighted by molar-refractivity contribution is 0.415. The maximum absolute atomic E-state index is 13.7. The van der Waals surface area contributed by atoms with E-state index in [4.69, 9.17) is 9.47 Å². The Morgan fingerprint density at radius 1 is 0.692 bits per heavy atom. The molecule has 7 heteroatoms. The van der Waals surface area contributed by atoms with Gasteiger partial charge in [0.25, 0.3) is 10.0 Å². The van der Waals surface area contributed by atoms with E-state index in [0.29, 0.717) is 22.5 Å². The Kier molecular flexibility index (Phi) is 6.34. The summed E-state index contributed by atoms with van der Waals surface area (Å²) in [6, 6.07) is 35.1. The van der Waals surface area contributed by atoms with Crippen LogP contribution >= 0.6 is 0 Å². The van der Waals surface area contributed by atoms with Crippen LogP contribution in [-0.4, -0.2) is 24.5 Å². The molecule has 0 amide bonds. The van der Waals surface area contributed by atoms with Crippen molar-refractivity contribution in [3.05, 3.63) is 128 Å². The minimum Gasteiger partial charge on any atom is -0.497 e. The number of nitrogens with zero attached hydrogens (tertiary/aromatic N) is 2. The van der Waals surface area contributed by atoms with Crippen molar-refractivity contribution in [1.82, 2.24) is 8.96 Å². The molecule has 39 heavy (non-hydrogen) atoms. The summed E-state index contributed by atoms with van der Waals surface area (Å²) in [4.78, 5) is 4.87. The highest BCUT2D eigenvalue weighted by molar-refractivity contribution is 7.90.